The van der Waals surface area contributed by atoms with Crippen LogP contribution in [-0.2, 0) is 24.1 Å². The van der Waals surface area contributed by atoms with Gasteiger partial charge in [0.2, 0.25) is 0 Å². The molecule has 6 nitrogen and oxygen atoms in total. The summed E-state index contributed by atoms with van der Waals surface area (Å²) in [5.41, 5.74) is 0.705. The lowest BCUT2D eigenvalue weighted by atomic mass is 10.1. The molecule has 0 radical (unpaired) electrons. The molecule has 0 aliphatic rings. The molecule has 0 saturated carbocycles. The zero-order chi connectivity index (χ0) is 19.0. The van der Waals surface area contributed by atoms with Crippen LogP contribution in [0.5, 0.6) is 0 Å². The first kappa shape index (κ1) is 20.6. The number of hydrogen-bond donors (Lipinski definition) is 1. The number of rotatable bonds is 10. The van der Waals surface area contributed by atoms with E-state index in [4.69, 9.17) is 0 Å². The van der Waals surface area contributed by atoms with Crippen LogP contribution in [0.3, 0.4) is 0 Å². The largest absolute Gasteiger partial charge is 0.315 e. The SMILES string of the molecule is CS(=O)(=O)OCCCNCC(c1ccccc1)S(=O)(=O)c1ccccc1. The van der Waals surface area contributed by atoms with Gasteiger partial charge in [0, 0.05) is 6.54 Å². The van der Waals surface area contributed by atoms with E-state index < -0.39 is 25.2 Å². The van der Waals surface area contributed by atoms with Gasteiger partial charge in [0.1, 0.15) is 5.25 Å². The molecule has 1 atom stereocenters. The second kappa shape index (κ2) is 9.27. The van der Waals surface area contributed by atoms with E-state index in [0.29, 0.717) is 18.5 Å². The van der Waals surface area contributed by atoms with Gasteiger partial charge in [0.25, 0.3) is 10.1 Å². The smallest absolute Gasteiger partial charge is 0.264 e. The lowest BCUT2D eigenvalue weighted by molar-refractivity contribution is 0.313. The maximum atomic E-state index is 13.0. The maximum absolute atomic E-state index is 13.0. The molecule has 0 saturated heterocycles. The van der Waals surface area contributed by atoms with Crippen LogP contribution >= 0.6 is 0 Å². The van der Waals surface area contributed by atoms with Crippen LogP contribution in [0.2, 0.25) is 0 Å². The summed E-state index contributed by atoms with van der Waals surface area (Å²) in [7, 11) is -7.01. The highest BCUT2D eigenvalue weighted by molar-refractivity contribution is 7.91. The second-order valence-electron chi connectivity index (χ2n) is 5.84. The molecular weight excluding hydrogens is 374 g/mol. The fourth-order valence-corrected chi connectivity index (χ4v) is 4.63. The van der Waals surface area contributed by atoms with Crippen LogP contribution in [0, 0.1) is 0 Å². The van der Waals surface area contributed by atoms with Gasteiger partial charge in [-0.3, -0.25) is 4.18 Å². The molecule has 0 aromatic heterocycles. The highest BCUT2D eigenvalue weighted by Crippen LogP contribution is 2.28. The van der Waals surface area contributed by atoms with E-state index in [1.54, 1.807) is 42.5 Å². The van der Waals surface area contributed by atoms with Gasteiger partial charge in [0.15, 0.2) is 9.84 Å². The van der Waals surface area contributed by atoms with Gasteiger partial charge >= 0.3 is 0 Å². The van der Waals surface area contributed by atoms with E-state index in [1.165, 1.54) is 0 Å². The van der Waals surface area contributed by atoms with Crippen molar-refractivity contribution >= 4 is 20.0 Å². The van der Waals surface area contributed by atoms with E-state index in [2.05, 4.69) is 9.50 Å². The normalized spacial score (nSPS) is 13.4. The summed E-state index contributed by atoms with van der Waals surface area (Å²) in [6, 6.07) is 17.4. The standard InChI is InChI=1S/C18H23NO5S2/c1-25(20,21)24-14-8-13-19-15-18(16-9-4-2-5-10-16)26(22,23)17-11-6-3-7-12-17/h2-7,9-12,18-19H,8,13-15H2,1H3. The Labute approximate surface area is 155 Å². The highest BCUT2D eigenvalue weighted by atomic mass is 32.2. The molecule has 2 rings (SSSR count). The third-order valence-electron chi connectivity index (χ3n) is 3.74. The van der Waals surface area contributed by atoms with Gasteiger partial charge in [-0.2, -0.15) is 8.42 Å². The molecule has 8 heteroatoms. The van der Waals surface area contributed by atoms with Crippen molar-refractivity contribution in [3.8, 4) is 0 Å². The summed E-state index contributed by atoms with van der Waals surface area (Å²) in [4.78, 5) is 0.274. The molecule has 0 heterocycles. The van der Waals surface area contributed by atoms with E-state index in [-0.39, 0.29) is 18.0 Å². The van der Waals surface area contributed by atoms with Crippen LogP contribution in [-0.4, -0.2) is 42.8 Å². The molecule has 0 spiro atoms. The first-order valence-corrected chi connectivity index (χ1v) is 11.6. The number of hydrogen-bond acceptors (Lipinski definition) is 6. The molecule has 26 heavy (non-hydrogen) atoms. The highest BCUT2D eigenvalue weighted by Gasteiger charge is 2.28. The molecule has 2 aromatic carbocycles. The van der Waals surface area contributed by atoms with Gasteiger partial charge < -0.3 is 5.32 Å². The van der Waals surface area contributed by atoms with Crippen molar-refractivity contribution in [2.45, 2.75) is 16.6 Å². The maximum Gasteiger partial charge on any atom is 0.264 e. The molecule has 1 N–H and O–H groups in total. The van der Waals surface area contributed by atoms with E-state index in [1.807, 2.05) is 18.2 Å². The molecular formula is C18H23NO5S2. The van der Waals surface area contributed by atoms with E-state index >= 15 is 0 Å². The molecule has 2 aromatic rings. The lowest BCUT2D eigenvalue weighted by Gasteiger charge is -2.19. The Morgan fingerprint density at radius 3 is 2.08 bits per heavy atom. The van der Waals surface area contributed by atoms with Gasteiger partial charge in [-0.1, -0.05) is 48.5 Å². The minimum Gasteiger partial charge on any atom is -0.315 e. The van der Waals surface area contributed by atoms with Gasteiger partial charge in [-0.05, 0) is 30.7 Å². The number of benzene rings is 2. The quantitative estimate of drug-likeness (QED) is 0.488. The van der Waals surface area contributed by atoms with Crippen molar-refractivity contribution in [2.75, 3.05) is 26.0 Å². The summed E-state index contributed by atoms with van der Waals surface area (Å²) in [5, 5.41) is 2.36. The Balaban J connectivity index is 2.06. The van der Waals surface area contributed by atoms with Crippen LogP contribution < -0.4 is 5.32 Å². The van der Waals surface area contributed by atoms with Crippen LogP contribution in [0.4, 0.5) is 0 Å². The number of sulfone groups is 1. The fourth-order valence-electron chi connectivity index (χ4n) is 2.49. The Morgan fingerprint density at radius 2 is 1.50 bits per heavy atom. The summed E-state index contributed by atoms with van der Waals surface area (Å²) in [6.45, 7) is 0.733. The zero-order valence-electron chi connectivity index (χ0n) is 14.5. The Kier molecular flexibility index (Phi) is 7.33. The Morgan fingerprint density at radius 1 is 0.923 bits per heavy atom. The molecule has 1 unspecified atom stereocenters. The summed E-state index contributed by atoms with van der Waals surface area (Å²) < 4.78 is 52.6. The molecule has 0 fully saturated rings. The zero-order valence-corrected chi connectivity index (χ0v) is 16.2. The van der Waals surface area contributed by atoms with Crippen molar-refractivity contribution in [1.29, 1.82) is 0 Å². The average molecular weight is 398 g/mol. The van der Waals surface area contributed by atoms with Gasteiger partial charge in [-0.25, -0.2) is 8.42 Å². The van der Waals surface area contributed by atoms with Crippen molar-refractivity contribution in [3.05, 3.63) is 66.2 Å². The fraction of sp³-hybridized carbons (Fsp3) is 0.333. The Hall–Kier alpha value is -1.74. The minimum absolute atomic E-state index is 0.0628. The van der Waals surface area contributed by atoms with Crippen molar-refractivity contribution in [2.24, 2.45) is 0 Å². The van der Waals surface area contributed by atoms with Crippen LogP contribution in [0.15, 0.2) is 65.6 Å². The van der Waals surface area contributed by atoms with Crippen molar-refractivity contribution < 1.29 is 21.0 Å². The third kappa shape index (κ3) is 6.21. The lowest BCUT2D eigenvalue weighted by Crippen LogP contribution is -2.28. The topological polar surface area (TPSA) is 89.5 Å². The van der Waals surface area contributed by atoms with Crippen molar-refractivity contribution in [1.82, 2.24) is 5.32 Å². The van der Waals surface area contributed by atoms with Crippen LogP contribution in [0.1, 0.15) is 17.2 Å². The minimum atomic E-state index is -3.56. The summed E-state index contributed by atoms with van der Waals surface area (Å²) in [6.07, 6.45) is 1.46. The molecule has 142 valence electrons. The molecule has 0 amide bonds. The first-order valence-electron chi connectivity index (χ1n) is 8.20. The molecule has 0 aliphatic carbocycles. The average Bonchev–Trinajstić information content (AvgIpc) is 2.61. The predicted molar refractivity (Wildman–Crippen MR) is 101 cm³/mol. The monoisotopic (exact) mass is 397 g/mol. The van der Waals surface area contributed by atoms with Crippen molar-refractivity contribution in [3.63, 3.8) is 0 Å². The molecule has 0 bridgehead atoms. The number of nitrogens with one attached hydrogen (secondary N) is 1. The van der Waals surface area contributed by atoms with Gasteiger partial charge in [0.05, 0.1) is 17.8 Å². The second-order valence-corrected chi connectivity index (χ2v) is 9.62. The first-order chi connectivity index (χ1) is 12.3. The summed E-state index contributed by atoms with van der Waals surface area (Å²) in [5.74, 6) is 0. The van der Waals surface area contributed by atoms with Crippen LogP contribution in [0.25, 0.3) is 0 Å². The third-order valence-corrected chi connectivity index (χ3v) is 6.45. The van der Waals surface area contributed by atoms with Gasteiger partial charge in [-0.15, -0.1) is 0 Å². The predicted octanol–water partition coefficient (Wildman–Crippen LogP) is 2.16. The van der Waals surface area contributed by atoms with E-state index in [9.17, 15) is 16.8 Å². The van der Waals surface area contributed by atoms with E-state index in [0.717, 1.165) is 6.26 Å². The summed E-state index contributed by atoms with van der Waals surface area (Å²) >= 11 is 0. The molecule has 0 aliphatic heterocycles. The Bertz CT molecular complexity index is 882.